The van der Waals surface area contributed by atoms with Gasteiger partial charge >= 0.3 is 6.09 Å². The first kappa shape index (κ1) is 24.0. The molecular weight excluding hydrogens is 438 g/mol. The zero-order valence-electron chi connectivity index (χ0n) is 20.2. The Morgan fingerprint density at radius 3 is 2.88 bits per heavy atom. The quantitative estimate of drug-likeness (QED) is 0.395. The van der Waals surface area contributed by atoms with E-state index in [0.29, 0.717) is 31.7 Å². The minimum atomic E-state index is -1.15. The van der Waals surface area contributed by atoms with Crippen LogP contribution in [-0.2, 0) is 16.2 Å². The van der Waals surface area contributed by atoms with E-state index in [1.54, 1.807) is 13.4 Å². The molecule has 33 heavy (non-hydrogen) atoms. The van der Waals surface area contributed by atoms with Crippen molar-refractivity contribution in [1.29, 1.82) is 0 Å². The van der Waals surface area contributed by atoms with Gasteiger partial charge in [-0.1, -0.05) is 19.6 Å². The maximum atomic E-state index is 11.5. The third-order valence-corrected chi connectivity index (χ3v) is 8.35. The molecule has 10 heteroatoms. The van der Waals surface area contributed by atoms with Crippen LogP contribution in [0.3, 0.4) is 0 Å². The zero-order valence-corrected chi connectivity index (χ0v) is 21.2. The Labute approximate surface area is 196 Å². The number of carbonyl (C=O) groups is 1. The fourth-order valence-corrected chi connectivity index (χ4v) is 5.43. The van der Waals surface area contributed by atoms with E-state index in [0.717, 1.165) is 55.4 Å². The van der Waals surface area contributed by atoms with Gasteiger partial charge in [-0.05, 0) is 42.7 Å². The van der Waals surface area contributed by atoms with E-state index >= 15 is 0 Å². The maximum Gasteiger partial charge on any atom is 0.407 e. The van der Waals surface area contributed by atoms with Crippen molar-refractivity contribution in [3.63, 3.8) is 0 Å². The van der Waals surface area contributed by atoms with Gasteiger partial charge in [0, 0.05) is 53.7 Å². The van der Waals surface area contributed by atoms with Gasteiger partial charge in [0.2, 0.25) is 0 Å². The van der Waals surface area contributed by atoms with Crippen molar-refractivity contribution in [2.75, 3.05) is 38.7 Å². The molecule has 2 aliphatic rings. The zero-order chi connectivity index (χ0) is 23.6. The molecule has 1 saturated heterocycles. The molecule has 2 N–H and O–H groups in total. The molecule has 1 aliphatic heterocycles. The van der Waals surface area contributed by atoms with E-state index in [2.05, 4.69) is 45.7 Å². The van der Waals surface area contributed by atoms with Crippen molar-refractivity contribution >= 4 is 31.0 Å². The first-order valence-electron chi connectivity index (χ1n) is 11.9. The number of hydrogen-bond donors (Lipinski definition) is 2. The number of ether oxygens (including phenoxy) is 2. The largest absolute Gasteiger partial charge is 0.465 e. The van der Waals surface area contributed by atoms with Crippen molar-refractivity contribution < 1.29 is 19.4 Å². The van der Waals surface area contributed by atoms with E-state index in [1.165, 1.54) is 10.5 Å². The predicted octanol–water partition coefficient (Wildman–Crippen LogP) is 4.05. The maximum absolute atomic E-state index is 11.5. The number of piperidine rings is 1. The van der Waals surface area contributed by atoms with Crippen LogP contribution in [-0.4, -0.2) is 78.2 Å². The summed E-state index contributed by atoms with van der Waals surface area (Å²) in [6.45, 7) is 10.1. The molecular formula is C23H37N5O4Si. The molecule has 182 valence electrons. The highest BCUT2D eigenvalue weighted by atomic mass is 28.3. The minimum absolute atomic E-state index is 0.0334. The molecule has 9 nitrogen and oxygen atoms in total. The van der Waals surface area contributed by atoms with Gasteiger partial charge in [0.05, 0.1) is 5.39 Å². The number of methoxy groups -OCH3 is 1. The summed E-state index contributed by atoms with van der Waals surface area (Å²) >= 11 is 0. The van der Waals surface area contributed by atoms with Gasteiger partial charge in [-0.3, -0.25) is 0 Å². The monoisotopic (exact) mass is 475 g/mol. The molecule has 1 saturated carbocycles. The Morgan fingerprint density at radius 1 is 1.33 bits per heavy atom. The van der Waals surface area contributed by atoms with Crippen LogP contribution in [0, 0.1) is 5.92 Å². The van der Waals surface area contributed by atoms with Crippen LogP contribution in [0.15, 0.2) is 12.5 Å². The molecule has 3 atom stereocenters. The summed E-state index contributed by atoms with van der Waals surface area (Å²) < 4.78 is 13.5. The number of nitrogens with zero attached hydrogens (tertiary/aromatic N) is 4. The van der Waals surface area contributed by atoms with Gasteiger partial charge in [-0.25, -0.2) is 14.8 Å². The average Bonchev–Trinajstić information content (AvgIpc) is 3.42. The number of fused-ring (bicyclic) bond motifs is 1. The molecule has 1 amide bonds. The van der Waals surface area contributed by atoms with Gasteiger partial charge in [0.25, 0.3) is 0 Å². The molecule has 2 fully saturated rings. The van der Waals surface area contributed by atoms with Crippen LogP contribution >= 0.6 is 0 Å². The highest BCUT2D eigenvalue weighted by Gasteiger charge is 2.41. The van der Waals surface area contributed by atoms with Crippen molar-refractivity contribution in [1.82, 2.24) is 19.4 Å². The summed E-state index contributed by atoms with van der Waals surface area (Å²) in [5, 5.41) is 14.0. The lowest BCUT2D eigenvalue weighted by Gasteiger charge is -2.31. The normalized spacial score (nSPS) is 23.2. The molecule has 2 unspecified atom stereocenters. The number of nitrogens with one attached hydrogen (secondary N) is 1. The van der Waals surface area contributed by atoms with Crippen molar-refractivity contribution in [2.24, 2.45) is 5.92 Å². The second kappa shape index (κ2) is 9.98. The Kier molecular flexibility index (Phi) is 7.25. The van der Waals surface area contributed by atoms with Crippen LogP contribution in [0.4, 0.5) is 10.6 Å². The van der Waals surface area contributed by atoms with Crippen molar-refractivity contribution in [2.45, 2.75) is 63.6 Å². The molecule has 0 spiro atoms. The number of rotatable bonds is 10. The third kappa shape index (κ3) is 5.85. The van der Waals surface area contributed by atoms with Gasteiger partial charge < -0.3 is 29.4 Å². The molecule has 1 aliphatic carbocycles. The molecule has 0 bridgehead atoms. The minimum Gasteiger partial charge on any atom is -0.465 e. The number of anilines is 1. The molecule has 2 aromatic rings. The fraction of sp³-hybridized carbons (Fsp3) is 0.696. The second-order valence-electron chi connectivity index (χ2n) is 10.6. The van der Waals surface area contributed by atoms with E-state index < -0.39 is 14.2 Å². The molecule has 0 radical (unpaired) electrons. The smallest absolute Gasteiger partial charge is 0.407 e. The highest BCUT2D eigenvalue weighted by Crippen LogP contribution is 2.50. The predicted molar refractivity (Wildman–Crippen MR) is 131 cm³/mol. The summed E-state index contributed by atoms with van der Waals surface area (Å²) in [4.78, 5) is 22.1. The molecule has 0 aromatic carbocycles. The highest BCUT2D eigenvalue weighted by molar-refractivity contribution is 6.76. The fourth-order valence-electron chi connectivity index (χ4n) is 4.67. The van der Waals surface area contributed by atoms with Gasteiger partial charge in [0.15, 0.2) is 0 Å². The summed E-state index contributed by atoms with van der Waals surface area (Å²) in [5.74, 6) is 1.72. The number of carboxylic acid groups (broad SMARTS) is 1. The van der Waals surface area contributed by atoms with Crippen LogP contribution < -0.4 is 5.32 Å². The van der Waals surface area contributed by atoms with Crippen LogP contribution in [0.5, 0.6) is 0 Å². The molecule has 4 rings (SSSR count). The summed E-state index contributed by atoms with van der Waals surface area (Å²) in [5.41, 5.74) is 2.10. The summed E-state index contributed by atoms with van der Waals surface area (Å²) in [6.07, 6.45) is 5.75. The number of hydrogen-bond acceptors (Lipinski definition) is 6. The standard InChI is InChI=1S/C23H37N5O4Si/c1-31-13-16-10-18(16)19-12-28(15-32-8-9-33(2,3)4)22-20(19)21(24-14-25-22)26-17-6-5-7-27(11-17)23(29)30/h12,14,16-18H,5-11,13,15H2,1-4H3,(H,29,30)(H,24,25,26)/t16?,17-,18?/m1/s1. The van der Waals surface area contributed by atoms with Crippen molar-refractivity contribution in [3.8, 4) is 0 Å². The van der Waals surface area contributed by atoms with E-state index in [9.17, 15) is 9.90 Å². The van der Waals surface area contributed by atoms with Crippen LogP contribution in [0.25, 0.3) is 11.0 Å². The summed E-state index contributed by atoms with van der Waals surface area (Å²) in [7, 11) is 0.601. The topological polar surface area (TPSA) is 102 Å². The van der Waals surface area contributed by atoms with E-state index in [4.69, 9.17) is 9.47 Å². The number of amides is 1. The Hall–Kier alpha value is -2.17. The number of aromatic nitrogens is 3. The third-order valence-electron chi connectivity index (χ3n) is 6.65. The first-order valence-corrected chi connectivity index (χ1v) is 15.6. The average molecular weight is 476 g/mol. The number of likely N-dealkylation sites (tertiary alicyclic amines) is 1. The van der Waals surface area contributed by atoms with Gasteiger partial charge in [-0.15, -0.1) is 0 Å². The Morgan fingerprint density at radius 2 is 2.15 bits per heavy atom. The lowest BCUT2D eigenvalue weighted by molar-refractivity contribution is 0.0898. The van der Waals surface area contributed by atoms with Crippen LogP contribution in [0.1, 0.15) is 30.7 Å². The van der Waals surface area contributed by atoms with Crippen LogP contribution in [0.2, 0.25) is 25.7 Å². The van der Waals surface area contributed by atoms with E-state index in [-0.39, 0.29) is 6.04 Å². The van der Waals surface area contributed by atoms with Gasteiger partial charge in [-0.2, -0.15) is 0 Å². The van der Waals surface area contributed by atoms with Gasteiger partial charge in [0.1, 0.15) is 24.5 Å². The SMILES string of the molecule is COCC1CC1c1cn(COCC[Si](C)(C)C)c2ncnc(N[C@@H]3CCCN(C(=O)O)C3)c12. The lowest BCUT2D eigenvalue weighted by Crippen LogP contribution is -2.44. The van der Waals surface area contributed by atoms with Crippen molar-refractivity contribution in [3.05, 3.63) is 18.1 Å². The van der Waals surface area contributed by atoms with E-state index in [1.807, 2.05) is 0 Å². The second-order valence-corrected chi connectivity index (χ2v) is 16.2. The lowest BCUT2D eigenvalue weighted by atomic mass is 10.1. The first-order chi connectivity index (χ1) is 15.8. The Balaban J connectivity index is 1.58. The summed E-state index contributed by atoms with van der Waals surface area (Å²) in [6, 6.07) is 1.16. The molecule has 2 aromatic heterocycles. The molecule has 3 heterocycles. The Bertz CT molecular complexity index is 976.